The van der Waals surface area contributed by atoms with E-state index in [-0.39, 0.29) is 18.1 Å². The smallest absolute Gasteiger partial charge is 0.265 e. The van der Waals surface area contributed by atoms with E-state index >= 15 is 0 Å². The van der Waals surface area contributed by atoms with E-state index in [1.807, 2.05) is 19.2 Å². The van der Waals surface area contributed by atoms with Gasteiger partial charge in [-0.1, -0.05) is 11.6 Å². The lowest BCUT2D eigenvalue weighted by molar-refractivity contribution is -0.0298. The number of ether oxygens (including phenoxy) is 1. The van der Waals surface area contributed by atoms with Crippen molar-refractivity contribution >= 4 is 28.8 Å². The Hall–Kier alpha value is -0.620. The Bertz CT molecular complexity index is 447. The summed E-state index contributed by atoms with van der Waals surface area (Å²) in [5.41, 5.74) is 6.76. The molecule has 6 heteroatoms. The van der Waals surface area contributed by atoms with E-state index in [0.29, 0.717) is 29.6 Å². The van der Waals surface area contributed by atoms with Gasteiger partial charge in [-0.25, -0.2) is 0 Å². The van der Waals surface area contributed by atoms with E-state index < -0.39 is 0 Å². The Kier molecular flexibility index (Phi) is 4.27. The lowest BCUT2D eigenvalue weighted by atomic mass is 10.1. The van der Waals surface area contributed by atoms with Crippen LogP contribution in [0.2, 0.25) is 5.02 Å². The molecule has 1 aromatic rings. The number of amides is 1. The SMILES string of the molecule is Cc1csc(C(=O)N2CCOC(C(C)N)C2)c1Cl. The van der Waals surface area contributed by atoms with Crippen LogP contribution in [0.15, 0.2) is 5.38 Å². The van der Waals surface area contributed by atoms with Gasteiger partial charge in [0, 0.05) is 19.1 Å². The number of carbonyl (C=O) groups excluding carboxylic acids is 1. The molecule has 0 aromatic carbocycles. The molecule has 2 rings (SSSR count). The quantitative estimate of drug-likeness (QED) is 0.904. The van der Waals surface area contributed by atoms with E-state index in [1.165, 1.54) is 11.3 Å². The van der Waals surface area contributed by atoms with Crippen LogP contribution in [0, 0.1) is 6.92 Å². The molecule has 18 heavy (non-hydrogen) atoms. The molecule has 0 bridgehead atoms. The summed E-state index contributed by atoms with van der Waals surface area (Å²) in [6, 6.07) is -0.0823. The summed E-state index contributed by atoms with van der Waals surface area (Å²) in [7, 11) is 0. The van der Waals surface area contributed by atoms with Crippen LogP contribution in [0.25, 0.3) is 0 Å². The fraction of sp³-hybridized carbons (Fsp3) is 0.583. The molecule has 2 atom stereocenters. The monoisotopic (exact) mass is 288 g/mol. The lowest BCUT2D eigenvalue weighted by Gasteiger charge is -2.34. The number of morpholine rings is 1. The number of carbonyl (C=O) groups is 1. The molecule has 2 unspecified atom stereocenters. The van der Waals surface area contributed by atoms with Gasteiger partial charge in [-0.3, -0.25) is 4.79 Å². The molecular formula is C12H17ClN2O2S. The van der Waals surface area contributed by atoms with Gasteiger partial charge in [0.25, 0.3) is 5.91 Å². The van der Waals surface area contributed by atoms with Gasteiger partial charge in [0.1, 0.15) is 4.88 Å². The minimum atomic E-state index is -0.0949. The number of nitrogens with two attached hydrogens (primary N) is 1. The summed E-state index contributed by atoms with van der Waals surface area (Å²) in [4.78, 5) is 14.7. The van der Waals surface area contributed by atoms with Crippen molar-refractivity contribution in [3.05, 3.63) is 20.8 Å². The Morgan fingerprint density at radius 3 is 3.00 bits per heavy atom. The van der Waals surface area contributed by atoms with Gasteiger partial charge in [-0.2, -0.15) is 0 Å². The maximum Gasteiger partial charge on any atom is 0.265 e. The zero-order valence-corrected chi connectivity index (χ0v) is 12.1. The molecule has 1 aliphatic heterocycles. The van der Waals surface area contributed by atoms with Crippen LogP contribution in [0.1, 0.15) is 22.2 Å². The fourth-order valence-electron chi connectivity index (χ4n) is 1.90. The van der Waals surface area contributed by atoms with Gasteiger partial charge in [0.05, 0.1) is 17.7 Å². The first kappa shape index (κ1) is 13.8. The summed E-state index contributed by atoms with van der Waals surface area (Å²) in [6.45, 7) is 5.44. The van der Waals surface area contributed by atoms with E-state index in [0.717, 1.165) is 5.56 Å². The highest BCUT2D eigenvalue weighted by Crippen LogP contribution is 2.28. The number of hydrogen-bond donors (Lipinski definition) is 1. The van der Waals surface area contributed by atoms with Crippen LogP contribution in [0.4, 0.5) is 0 Å². The maximum atomic E-state index is 12.4. The molecule has 1 aromatic heterocycles. The van der Waals surface area contributed by atoms with Gasteiger partial charge in [0.2, 0.25) is 0 Å². The second kappa shape index (κ2) is 5.57. The third-order valence-electron chi connectivity index (χ3n) is 3.06. The van der Waals surface area contributed by atoms with Gasteiger partial charge in [-0.05, 0) is 24.8 Å². The summed E-state index contributed by atoms with van der Waals surface area (Å²) in [6.07, 6.45) is -0.0949. The molecule has 1 fully saturated rings. The predicted molar refractivity (Wildman–Crippen MR) is 73.4 cm³/mol. The molecule has 2 heterocycles. The average Bonchev–Trinajstić information content (AvgIpc) is 2.69. The average molecular weight is 289 g/mol. The number of nitrogens with zero attached hydrogens (tertiary/aromatic N) is 1. The standard InChI is InChI=1S/C12H17ClN2O2S/c1-7-6-18-11(10(7)13)12(16)15-3-4-17-9(5-15)8(2)14/h6,8-9H,3-5,14H2,1-2H3. The van der Waals surface area contributed by atoms with Crippen LogP contribution in [0.5, 0.6) is 0 Å². The number of rotatable bonds is 2. The van der Waals surface area contributed by atoms with Crippen molar-refractivity contribution < 1.29 is 9.53 Å². The number of hydrogen-bond acceptors (Lipinski definition) is 4. The molecule has 1 saturated heterocycles. The van der Waals surface area contributed by atoms with Crippen LogP contribution in [0.3, 0.4) is 0 Å². The molecule has 100 valence electrons. The van der Waals surface area contributed by atoms with Crippen LogP contribution in [-0.4, -0.2) is 42.6 Å². The van der Waals surface area contributed by atoms with Crippen LogP contribution >= 0.6 is 22.9 Å². The Labute approximate surface area is 116 Å². The van der Waals surface area contributed by atoms with Crippen molar-refractivity contribution in [1.82, 2.24) is 4.90 Å². The third kappa shape index (κ3) is 2.69. The fourth-order valence-corrected chi connectivity index (χ4v) is 3.14. The first-order valence-corrected chi connectivity index (χ1v) is 7.16. The third-order valence-corrected chi connectivity index (χ3v) is 4.75. The first-order chi connectivity index (χ1) is 8.50. The second-order valence-electron chi connectivity index (χ2n) is 4.58. The van der Waals surface area contributed by atoms with Crippen molar-refractivity contribution in [2.45, 2.75) is 26.0 Å². The highest BCUT2D eigenvalue weighted by Gasteiger charge is 2.29. The summed E-state index contributed by atoms with van der Waals surface area (Å²) >= 11 is 7.52. The minimum absolute atomic E-state index is 0.0212. The molecular weight excluding hydrogens is 272 g/mol. The molecule has 0 saturated carbocycles. The Balaban J connectivity index is 2.12. The zero-order chi connectivity index (χ0) is 13.3. The minimum Gasteiger partial charge on any atom is -0.373 e. The van der Waals surface area contributed by atoms with Crippen LogP contribution < -0.4 is 5.73 Å². The number of halogens is 1. The largest absolute Gasteiger partial charge is 0.373 e. The number of aryl methyl sites for hydroxylation is 1. The first-order valence-electron chi connectivity index (χ1n) is 5.90. The number of thiophene rings is 1. The molecule has 1 amide bonds. The predicted octanol–water partition coefficient (Wildman–Crippen LogP) is 1.90. The molecule has 0 aliphatic carbocycles. The molecule has 2 N–H and O–H groups in total. The molecule has 4 nitrogen and oxygen atoms in total. The highest BCUT2D eigenvalue weighted by atomic mass is 35.5. The van der Waals surface area contributed by atoms with Crippen molar-refractivity contribution in [2.75, 3.05) is 19.7 Å². The Morgan fingerprint density at radius 2 is 2.44 bits per heavy atom. The van der Waals surface area contributed by atoms with Crippen LogP contribution in [-0.2, 0) is 4.74 Å². The highest BCUT2D eigenvalue weighted by molar-refractivity contribution is 7.13. The van der Waals surface area contributed by atoms with E-state index in [1.54, 1.807) is 4.90 Å². The zero-order valence-electron chi connectivity index (χ0n) is 10.5. The summed E-state index contributed by atoms with van der Waals surface area (Å²) in [5, 5.41) is 2.47. The van der Waals surface area contributed by atoms with Gasteiger partial charge >= 0.3 is 0 Å². The van der Waals surface area contributed by atoms with Gasteiger partial charge in [-0.15, -0.1) is 11.3 Å². The van der Waals surface area contributed by atoms with Gasteiger partial charge in [0.15, 0.2) is 0 Å². The van der Waals surface area contributed by atoms with Crippen molar-refractivity contribution in [3.63, 3.8) is 0 Å². The summed E-state index contributed by atoms with van der Waals surface area (Å²) in [5.74, 6) is -0.0212. The van der Waals surface area contributed by atoms with E-state index in [9.17, 15) is 4.79 Å². The lowest BCUT2D eigenvalue weighted by Crippen LogP contribution is -2.51. The Morgan fingerprint density at radius 1 is 1.72 bits per heavy atom. The van der Waals surface area contributed by atoms with E-state index in [2.05, 4.69) is 0 Å². The van der Waals surface area contributed by atoms with Crippen molar-refractivity contribution in [3.8, 4) is 0 Å². The molecule has 0 radical (unpaired) electrons. The topological polar surface area (TPSA) is 55.6 Å². The molecule has 1 aliphatic rings. The molecule has 0 spiro atoms. The normalized spacial score (nSPS) is 22.0. The summed E-state index contributed by atoms with van der Waals surface area (Å²) < 4.78 is 5.54. The van der Waals surface area contributed by atoms with Gasteiger partial charge < -0.3 is 15.4 Å². The van der Waals surface area contributed by atoms with Crippen molar-refractivity contribution in [1.29, 1.82) is 0 Å². The van der Waals surface area contributed by atoms with E-state index in [4.69, 9.17) is 22.1 Å². The maximum absolute atomic E-state index is 12.4. The second-order valence-corrected chi connectivity index (χ2v) is 5.84. The van der Waals surface area contributed by atoms with Crippen molar-refractivity contribution in [2.24, 2.45) is 5.73 Å².